The number of thioether (sulfide) groups is 1. The number of benzene rings is 1. The minimum absolute atomic E-state index is 0.0201. The highest BCUT2D eigenvalue weighted by molar-refractivity contribution is 8.13. The van der Waals surface area contributed by atoms with E-state index in [1.165, 1.54) is 24.9 Å². The topological polar surface area (TPSA) is 76.6 Å². The molecule has 2 aliphatic heterocycles. The van der Waals surface area contributed by atoms with Crippen molar-refractivity contribution >= 4 is 22.9 Å². The SMILES string of the molecule is COc1nc(N2C[C@H]3CSC(N)=N[C@@]3(c3ccccc3F)C2)nc(C)c1F. The highest BCUT2D eigenvalue weighted by Gasteiger charge is 2.52. The molecule has 0 unspecified atom stereocenters. The molecule has 2 N–H and O–H groups in total. The summed E-state index contributed by atoms with van der Waals surface area (Å²) in [5.74, 6) is 0.0596. The average Bonchev–Trinajstić information content (AvgIpc) is 3.03. The van der Waals surface area contributed by atoms with Gasteiger partial charge in [0, 0.05) is 23.8 Å². The summed E-state index contributed by atoms with van der Waals surface area (Å²) in [5, 5.41) is 0.435. The zero-order valence-electron chi connectivity index (χ0n) is 14.9. The molecule has 1 aromatic carbocycles. The van der Waals surface area contributed by atoms with Gasteiger partial charge in [0.1, 0.15) is 11.4 Å². The fourth-order valence-corrected chi connectivity index (χ4v) is 4.74. The Bertz CT molecular complexity index is 925. The summed E-state index contributed by atoms with van der Waals surface area (Å²) in [7, 11) is 1.36. The van der Waals surface area contributed by atoms with Crippen LogP contribution in [-0.4, -0.2) is 41.1 Å². The van der Waals surface area contributed by atoms with Crippen molar-refractivity contribution in [3.05, 3.63) is 47.2 Å². The van der Waals surface area contributed by atoms with Gasteiger partial charge < -0.3 is 15.4 Å². The first kappa shape index (κ1) is 18.0. The van der Waals surface area contributed by atoms with E-state index >= 15 is 0 Å². The van der Waals surface area contributed by atoms with Gasteiger partial charge in [0.25, 0.3) is 5.88 Å². The molecule has 142 valence electrons. The Kier molecular flexibility index (Phi) is 4.41. The number of hydrogen-bond donors (Lipinski definition) is 1. The van der Waals surface area contributed by atoms with E-state index < -0.39 is 11.4 Å². The van der Waals surface area contributed by atoms with E-state index in [1.807, 2.05) is 4.90 Å². The van der Waals surface area contributed by atoms with Crippen LogP contribution < -0.4 is 15.4 Å². The van der Waals surface area contributed by atoms with Crippen molar-refractivity contribution in [3.63, 3.8) is 0 Å². The van der Waals surface area contributed by atoms with Crippen molar-refractivity contribution in [2.24, 2.45) is 16.6 Å². The fraction of sp³-hybridized carbons (Fsp3) is 0.389. The van der Waals surface area contributed by atoms with E-state index in [0.29, 0.717) is 35.5 Å². The van der Waals surface area contributed by atoms with Crippen molar-refractivity contribution in [3.8, 4) is 5.88 Å². The molecule has 1 aromatic heterocycles. The molecule has 0 saturated carbocycles. The lowest BCUT2D eigenvalue weighted by atomic mass is 9.81. The molecule has 0 aliphatic carbocycles. The first-order valence-electron chi connectivity index (χ1n) is 8.51. The van der Waals surface area contributed by atoms with Crippen LogP contribution in [0.1, 0.15) is 11.3 Å². The second-order valence-electron chi connectivity index (χ2n) is 6.67. The third-order valence-corrected chi connectivity index (χ3v) is 6.04. The van der Waals surface area contributed by atoms with E-state index in [1.54, 1.807) is 25.1 Å². The molecule has 2 aromatic rings. The maximum atomic E-state index is 14.7. The van der Waals surface area contributed by atoms with E-state index in [4.69, 9.17) is 10.5 Å². The number of amidine groups is 1. The molecule has 27 heavy (non-hydrogen) atoms. The number of anilines is 1. The van der Waals surface area contributed by atoms with Crippen LogP contribution in [0.3, 0.4) is 0 Å². The van der Waals surface area contributed by atoms with Crippen LogP contribution in [0, 0.1) is 24.5 Å². The van der Waals surface area contributed by atoms with Gasteiger partial charge in [-0.05, 0) is 13.0 Å². The minimum Gasteiger partial charge on any atom is -0.479 e. The molecule has 0 radical (unpaired) electrons. The number of ether oxygens (including phenoxy) is 1. The largest absolute Gasteiger partial charge is 0.479 e. The summed E-state index contributed by atoms with van der Waals surface area (Å²) < 4.78 is 33.7. The second-order valence-corrected chi connectivity index (χ2v) is 7.72. The quantitative estimate of drug-likeness (QED) is 0.866. The summed E-state index contributed by atoms with van der Waals surface area (Å²) in [5.41, 5.74) is 5.89. The molecule has 4 rings (SSSR count). The molecular formula is C18H19F2N5OS. The van der Waals surface area contributed by atoms with E-state index in [2.05, 4.69) is 15.0 Å². The number of aliphatic imine (C=N–C) groups is 1. The minimum atomic E-state index is -0.820. The Morgan fingerprint density at radius 2 is 2.07 bits per heavy atom. The summed E-state index contributed by atoms with van der Waals surface area (Å²) in [6.07, 6.45) is 0. The fourth-order valence-electron chi connectivity index (χ4n) is 3.76. The highest BCUT2D eigenvalue weighted by Crippen LogP contribution is 2.46. The molecule has 6 nitrogen and oxygen atoms in total. The van der Waals surface area contributed by atoms with E-state index in [-0.39, 0.29) is 23.3 Å². The third-order valence-electron chi connectivity index (χ3n) is 5.08. The van der Waals surface area contributed by atoms with Gasteiger partial charge in [0.2, 0.25) is 11.8 Å². The van der Waals surface area contributed by atoms with E-state index in [0.717, 1.165) is 0 Å². The van der Waals surface area contributed by atoms with Gasteiger partial charge in [-0.15, -0.1) is 0 Å². The number of hydrogen-bond acceptors (Lipinski definition) is 7. The smallest absolute Gasteiger partial charge is 0.255 e. The lowest BCUT2D eigenvalue weighted by molar-refractivity contribution is 0.364. The Morgan fingerprint density at radius 1 is 1.30 bits per heavy atom. The van der Waals surface area contributed by atoms with Gasteiger partial charge in [0.15, 0.2) is 5.17 Å². The zero-order valence-corrected chi connectivity index (χ0v) is 15.8. The van der Waals surface area contributed by atoms with Crippen molar-refractivity contribution < 1.29 is 13.5 Å². The van der Waals surface area contributed by atoms with Crippen molar-refractivity contribution in [1.29, 1.82) is 0 Å². The third kappa shape index (κ3) is 2.90. The normalized spacial score (nSPS) is 24.5. The van der Waals surface area contributed by atoms with E-state index in [9.17, 15) is 8.78 Å². The molecule has 9 heteroatoms. The van der Waals surface area contributed by atoms with Crippen molar-refractivity contribution in [1.82, 2.24) is 9.97 Å². The lowest BCUT2D eigenvalue weighted by Gasteiger charge is -2.34. The van der Waals surface area contributed by atoms with Crippen molar-refractivity contribution in [2.45, 2.75) is 12.5 Å². The van der Waals surface area contributed by atoms with Gasteiger partial charge in [-0.2, -0.15) is 9.37 Å². The molecule has 1 fully saturated rings. The zero-order chi connectivity index (χ0) is 19.2. The molecule has 0 spiro atoms. The van der Waals surface area contributed by atoms with Crippen LogP contribution in [0.25, 0.3) is 0 Å². The van der Waals surface area contributed by atoms with Gasteiger partial charge in [0.05, 0.1) is 19.3 Å². The van der Waals surface area contributed by atoms with Crippen LogP contribution in [-0.2, 0) is 5.54 Å². The van der Waals surface area contributed by atoms with Crippen molar-refractivity contribution in [2.75, 3.05) is 30.9 Å². The first-order chi connectivity index (χ1) is 12.9. The Morgan fingerprint density at radius 3 is 2.81 bits per heavy atom. The highest BCUT2D eigenvalue weighted by atomic mass is 32.2. The van der Waals surface area contributed by atoms with Crippen LogP contribution in [0.5, 0.6) is 5.88 Å². The monoisotopic (exact) mass is 391 g/mol. The number of rotatable bonds is 3. The molecule has 3 heterocycles. The average molecular weight is 391 g/mol. The molecule has 1 saturated heterocycles. The molecule has 2 aliphatic rings. The second kappa shape index (κ2) is 6.63. The maximum Gasteiger partial charge on any atom is 0.255 e. The number of halogens is 2. The summed E-state index contributed by atoms with van der Waals surface area (Å²) in [6.45, 7) is 2.48. The number of aromatic nitrogens is 2. The Labute approximate surface area is 159 Å². The number of methoxy groups -OCH3 is 1. The number of aryl methyl sites for hydroxylation is 1. The number of nitrogens with zero attached hydrogens (tertiary/aromatic N) is 4. The summed E-state index contributed by atoms with van der Waals surface area (Å²) >= 11 is 1.46. The number of nitrogens with two attached hydrogens (primary N) is 1. The van der Waals surface area contributed by atoms with Crippen LogP contribution in [0.15, 0.2) is 29.3 Å². The van der Waals surface area contributed by atoms with Crippen LogP contribution >= 0.6 is 11.8 Å². The van der Waals surface area contributed by atoms with Gasteiger partial charge >= 0.3 is 0 Å². The predicted molar refractivity (Wildman–Crippen MR) is 101 cm³/mol. The van der Waals surface area contributed by atoms with Gasteiger partial charge in [-0.25, -0.2) is 14.4 Å². The lowest BCUT2D eigenvalue weighted by Crippen LogP contribution is -2.40. The number of fused-ring (bicyclic) bond motifs is 1. The van der Waals surface area contributed by atoms with Gasteiger partial charge in [-0.3, -0.25) is 0 Å². The Hall–Kier alpha value is -2.42. The van der Waals surface area contributed by atoms with Gasteiger partial charge in [-0.1, -0.05) is 30.0 Å². The molecule has 0 amide bonds. The summed E-state index contributed by atoms with van der Waals surface area (Å²) in [6, 6.07) is 6.62. The molecule has 0 bridgehead atoms. The standard InChI is InChI=1S/C18H19F2N5OS/c1-10-14(20)15(26-2)23-17(22-10)25-7-11-8-27-16(21)24-18(11,9-25)12-5-3-4-6-13(12)19/h3-6,11H,7-9H2,1-2H3,(H2,21,24)/t11-,18-/m0/s1. The summed E-state index contributed by atoms with van der Waals surface area (Å²) in [4.78, 5) is 15.0. The first-order valence-corrected chi connectivity index (χ1v) is 9.49. The molecular weight excluding hydrogens is 372 g/mol. The Balaban J connectivity index is 1.79. The molecule has 2 atom stereocenters. The van der Waals surface area contributed by atoms with Crippen LogP contribution in [0.4, 0.5) is 14.7 Å². The predicted octanol–water partition coefficient (Wildman–Crippen LogP) is 2.47. The maximum absolute atomic E-state index is 14.7. The van der Waals surface area contributed by atoms with Crippen LogP contribution in [0.2, 0.25) is 0 Å².